The van der Waals surface area contributed by atoms with Gasteiger partial charge in [-0.05, 0) is 184 Å². The van der Waals surface area contributed by atoms with Crippen LogP contribution < -0.4 is 9.80 Å². The molecule has 0 fully saturated rings. The Balaban J connectivity index is 0.878. The standard InChI is InChI=1S/C91H64N2/c1-3-63-43-47-69(48-44-63)89(65-27-11-5-12-28-65)83-41-25-23-39-77(83)79-55-51-73(59-85(79)89)92(71-35-19-9-20-36-71)75-53-57-81-82-58-54-76(62-88(82)91(87(81)61-75,67-31-15-7-16-32-67)68-33-17-8-18-34-68)93(72-37-21-10-22-38-72)74-52-56-80-78-40-24-26-42-84(78)90(86(80)60-74,66-29-13-6-14-30-66)70-49-45-64(4-2)46-50-70/h3-62H,1-2H2/t89-,90?/m0/s1. The molecule has 1 unspecified atom stereocenters. The van der Waals surface area contributed by atoms with Crippen molar-refractivity contribution in [1.29, 1.82) is 0 Å². The summed E-state index contributed by atoms with van der Waals surface area (Å²) in [6.07, 6.45) is 3.86. The van der Waals surface area contributed by atoms with Gasteiger partial charge < -0.3 is 9.80 Å². The van der Waals surface area contributed by atoms with Gasteiger partial charge in [0.05, 0.1) is 16.2 Å². The minimum absolute atomic E-state index is 0.612. The minimum atomic E-state index is -0.761. The van der Waals surface area contributed by atoms with E-state index >= 15 is 0 Å². The number of benzene rings is 14. The van der Waals surface area contributed by atoms with Crippen molar-refractivity contribution in [1.82, 2.24) is 0 Å². The topological polar surface area (TPSA) is 6.48 Å². The molecule has 0 saturated heterocycles. The van der Waals surface area contributed by atoms with Crippen LogP contribution in [0, 0.1) is 0 Å². The van der Waals surface area contributed by atoms with Crippen LogP contribution in [0.3, 0.4) is 0 Å². The zero-order valence-corrected chi connectivity index (χ0v) is 51.4. The fraction of sp³-hybridized carbons (Fsp3) is 0.0330. The van der Waals surface area contributed by atoms with E-state index in [1.54, 1.807) is 0 Å². The first-order valence-corrected chi connectivity index (χ1v) is 32.2. The van der Waals surface area contributed by atoms with Gasteiger partial charge in [-0.2, -0.15) is 0 Å². The molecule has 0 amide bonds. The molecule has 2 atom stereocenters. The van der Waals surface area contributed by atoms with Gasteiger partial charge in [-0.1, -0.05) is 304 Å². The smallest absolute Gasteiger partial charge is 0.0715 e. The summed E-state index contributed by atoms with van der Waals surface area (Å²) in [6.45, 7) is 8.27. The molecule has 0 aliphatic heterocycles. The highest BCUT2D eigenvalue weighted by Gasteiger charge is 2.50. The first-order chi connectivity index (χ1) is 46.0. The molecule has 2 heteroatoms. The van der Waals surface area contributed by atoms with Gasteiger partial charge in [-0.15, -0.1) is 0 Å². The summed E-state index contributed by atoms with van der Waals surface area (Å²) in [5, 5.41) is 0. The molecule has 0 bridgehead atoms. The number of hydrogen-bond acceptors (Lipinski definition) is 2. The Morgan fingerprint density at radius 1 is 0.194 bits per heavy atom. The third kappa shape index (κ3) is 8.35. The van der Waals surface area contributed by atoms with E-state index in [4.69, 9.17) is 0 Å². The molecule has 0 aromatic heterocycles. The van der Waals surface area contributed by atoms with E-state index in [-0.39, 0.29) is 0 Å². The lowest BCUT2D eigenvalue weighted by molar-refractivity contribution is 0.767. The van der Waals surface area contributed by atoms with Crippen molar-refractivity contribution < 1.29 is 0 Å². The van der Waals surface area contributed by atoms with Crippen molar-refractivity contribution in [2.24, 2.45) is 0 Å². The van der Waals surface area contributed by atoms with Gasteiger partial charge in [-0.25, -0.2) is 0 Å². The second kappa shape index (κ2) is 22.3. The van der Waals surface area contributed by atoms with Gasteiger partial charge in [0.15, 0.2) is 0 Å². The fourth-order valence-electron chi connectivity index (χ4n) is 16.3. The molecule has 3 aliphatic carbocycles. The molecule has 3 aliphatic rings. The van der Waals surface area contributed by atoms with E-state index in [1.807, 2.05) is 12.2 Å². The molecule has 0 radical (unpaired) electrons. The second-order valence-corrected chi connectivity index (χ2v) is 24.7. The highest BCUT2D eigenvalue weighted by molar-refractivity contribution is 5.95. The van der Waals surface area contributed by atoms with Crippen molar-refractivity contribution in [2.45, 2.75) is 16.2 Å². The van der Waals surface area contributed by atoms with E-state index in [2.05, 4.69) is 375 Å². The van der Waals surface area contributed by atoms with Crippen molar-refractivity contribution in [2.75, 3.05) is 9.80 Å². The monoisotopic (exact) mass is 1180 g/mol. The van der Waals surface area contributed by atoms with Gasteiger partial charge in [0.2, 0.25) is 0 Å². The molecule has 0 saturated carbocycles. The summed E-state index contributed by atoms with van der Waals surface area (Å²) in [4.78, 5) is 4.95. The molecule has 0 N–H and O–H groups in total. The molecule has 14 aromatic carbocycles. The van der Waals surface area contributed by atoms with Crippen molar-refractivity contribution >= 4 is 46.3 Å². The zero-order valence-electron chi connectivity index (χ0n) is 51.4. The minimum Gasteiger partial charge on any atom is -0.310 e. The van der Waals surface area contributed by atoms with Crippen LogP contribution >= 0.6 is 0 Å². The maximum atomic E-state index is 4.13. The third-order valence-electron chi connectivity index (χ3n) is 20.2. The van der Waals surface area contributed by atoms with E-state index in [0.29, 0.717) is 0 Å². The Kier molecular flexibility index (Phi) is 13.2. The lowest BCUT2D eigenvalue weighted by atomic mass is 9.67. The molecular weight excluding hydrogens is 1120 g/mol. The van der Waals surface area contributed by atoms with Crippen LogP contribution in [0.25, 0.3) is 45.5 Å². The molecular formula is C91H64N2. The molecule has 438 valence electrons. The normalized spacial score (nSPS) is 15.8. The van der Waals surface area contributed by atoms with Crippen LogP contribution in [-0.2, 0) is 16.2 Å². The Morgan fingerprint density at radius 3 is 0.699 bits per heavy atom. The van der Waals surface area contributed by atoms with Crippen molar-refractivity contribution in [3.05, 3.63) is 443 Å². The summed E-state index contributed by atoms with van der Waals surface area (Å²) in [5.74, 6) is 0. The lowest BCUT2D eigenvalue weighted by Crippen LogP contribution is -2.29. The zero-order chi connectivity index (χ0) is 62.1. The summed E-state index contributed by atoms with van der Waals surface area (Å²) in [5.41, 5.74) is 28.7. The quantitative estimate of drug-likeness (QED) is 0.107. The third-order valence-corrected chi connectivity index (χ3v) is 20.2. The maximum absolute atomic E-state index is 4.13. The van der Waals surface area contributed by atoms with Crippen molar-refractivity contribution in [3.8, 4) is 33.4 Å². The Bertz CT molecular complexity index is 4830. The number of fused-ring (bicyclic) bond motifs is 9. The van der Waals surface area contributed by atoms with Gasteiger partial charge in [-0.3, -0.25) is 0 Å². The van der Waals surface area contributed by atoms with E-state index < -0.39 is 16.2 Å². The predicted octanol–water partition coefficient (Wildman–Crippen LogP) is 23.0. The average Bonchev–Trinajstić information content (AvgIpc) is 1.57. The molecule has 0 heterocycles. The number of hydrogen-bond donors (Lipinski definition) is 0. The average molecular weight is 1190 g/mol. The maximum Gasteiger partial charge on any atom is 0.0715 e. The van der Waals surface area contributed by atoms with Crippen LogP contribution in [0.4, 0.5) is 34.1 Å². The largest absolute Gasteiger partial charge is 0.310 e. The lowest BCUT2D eigenvalue weighted by Gasteiger charge is -2.36. The van der Waals surface area contributed by atoms with Gasteiger partial charge in [0.25, 0.3) is 0 Å². The SMILES string of the molecule is C=Cc1ccc(C2(c3ccccc3)c3ccccc3-c3ccc(N(c4ccccc4)c4ccc5c(c4)C(c4ccccc4)(c4ccccc4)c4cc(N(c6ccccc6)c6ccc7c(c6)[C@@](c6ccccc6)(c6ccc(C=C)cc6)c6ccccc6-7)ccc4-5)cc32)cc1. The Morgan fingerprint density at radius 2 is 0.419 bits per heavy atom. The first kappa shape index (κ1) is 55.2. The van der Waals surface area contributed by atoms with E-state index in [0.717, 1.165) is 45.3 Å². The highest BCUT2D eigenvalue weighted by atomic mass is 15.1. The molecule has 17 rings (SSSR count). The summed E-state index contributed by atoms with van der Waals surface area (Å²) in [7, 11) is 0. The summed E-state index contributed by atoms with van der Waals surface area (Å²) >= 11 is 0. The second-order valence-electron chi connectivity index (χ2n) is 24.7. The highest BCUT2D eigenvalue weighted by Crippen LogP contribution is 2.62. The number of rotatable bonds is 14. The van der Waals surface area contributed by atoms with Crippen LogP contribution in [0.1, 0.15) is 77.9 Å². The van der Waals surface area contributed by atoms with Crippen LogP contribution in [0.5, 0.6) is 0 Å². The Hall–Kier alpha value is -11.8. The van der Waals surface area contributed by atoms with Gasteiger partial charge in [0.1, 0.15) is 0 Å². The fourth-order valence-corrected chi connectivity index (χ4v) is 16.3. The summed E-state index contributed by atoms with van der Waals surface area (Å²) < 4.78 is 0. The molecule has 2 nitrogen and oxygen atoms in total. The van der Waals surface area contributed by atoms with E-state index in [1.165, 1.54) is 100 Å². The Labute approximate surface area is 545 Å². The number of nitrogens with zero attached hydrogens (tertiary/aromatic N) is 2. The van der Waals surface area contributed by atoms with Crippen molar-refractivity contribution in [3.63, 3.8) is 0 Å². The summed E-state index contributed by atoms with van der Waals surface area (Å²) in [6, 6.07) is 131. The number of para-hydroxylation sites is 2. The first-order valence-electron chi connectivity index (χ1n) is 32.2. The molecule has 0 spiro atoms. The van der Waals surface area contributed by atoms with E-state index in [9.17, 15) is 0 Å². The van der Waals surface area contributed by atoms with Crippen LogP contribution in [0.15, 0.2) is 365 Å². The molecule has 93 heavy (non-hydrogen) atoms. The number of anilines is 6. The van der Waals surface area contributed by atoms with Crippen LogP contribution in [-0.4, -0.2) is 0 Å². The molecule has 14 aromatic rings. The van der Waals surface area contributed by atoms with Gasteiger partial charge in [0, 0.05) is 34.1 Å². The predicted molar refractivity (Wildman–Crippen MR) is 388 cm³/mol. The van der Waals surface area contributed by atoms with Gasteiger partial charge >= 0.3 is 0 Å². The van der Waals surface area contributed by atoms with Crippen LogP contribution in [0.2, 0.25) is 0 Å².